The molecule has 5 aliphatic rings. The van der Waals surface area contributed by atoms with Crippen LogP contribution in [0.5, 0.6) is 0 Å². The van der Waals surface area contributed by atoms with Crippen LogP contribution in [0.4, 0.5) is 4.39 Å². The van der Waals surface area contributed by atoms with Crippen molar-refractivity contribution < 1.29 is 13.9 Å². The third-order valence-electron chi connectivity index (χ3n) is 13.0. The zero-order chi connectivity index (χ0) is 34.8. The van der Waals surface area contributed by atoms with E-state index in [1.54, 1.807) is 0 Å². The summed E-state index contributed by atoms with van der Waals surface area (Å²) in [7, 11) is 0. The number of aromatic nitrogens is 4. The summed E-state index contributed by atoms with van der Waals surface area (Å²) in [6.07, 6.45) is 4.93. The molecule has 0 atom stereocenters. The zero-order valence-electron chi connectivity index (χ0n) is 29.0. The summed E-state index contributed by atoms with van der Waals surface area (Å²) in [5, 5.41) is 15.3. The highest BCUT2D eigenvalue weighted by Crippen LogP contribution is 2.68. The lowest BCUT2D eigenvalue weighted by molar-refractivity contribution is -0.301. The molecule has 52 heavy (non-hydrogen) atoms. The Balaban J connectivity index is 1.09. The second-order valence-corrected chi connectivity index (χ2v) is 15.3. The van der Waals surface area contributed by atoms with Crippen LogP contribution in [0.2, 0.25) is 0 Å². The summed E-state index contributed by atoms with van der Waals surface area (Å²) in [6, 6.07) is 47.4. The van der Waals surface area contributed by atoms with Crippen LogP contribution < -0.4 is 0 Å². The van der Waals surface area contributed by atoms with Gasteiger partial charge in [0.05, 0.1) is 13.2 Å². The van der Waals surface area contributed by atoms with Gasteiger partial charge in [-0.2, -0.15) is 0 Å². The lowest BCUT2D eigenvalue weighted by Gasteiger charge is -2.66. The van der Waals surface area contributed by atoms with Gasteiger partial charge in [-0.15, -0.1) is 15.0 Å². The monoisotopic (exact) mass is 688 g/mol. The van der Waals surface area contributed by atoms with Crippen LogP contribution in [-0.2, 0) is 26.8 Å². The smallest absolute Gasteiger partial charge is 0.175 e. The average Bonchev–Trinajstić information content (AvgIpc) is 3.87. The summed E-state index contributed by atoms with van der Waals surface area (Å²) in [5.41, 5.74) is 5.62. The molecular formula is C45H41FN4O2. The minimum Gasteiger partial charge on any atom is -0.347 e. The molecule has 6 nitrogen and oxygen atoms in total. The normalized spacial score (nSPS) is 25.9. The Hall–Kier alpha value is -4.98. The number of halogens is 1. The Morgan fingerprint density at radius 3 is 1.54 bits per heavy atom. The molecule has 1 saturated heterocycles. The number of rotatable bonds is 8. The van der Waals surface area contributed by atoms with Crippen molar-refractivity contribution in [2.45, 2.75) is 48.8 Å². The fourth-order valence-electron chi connectivity index (χ4n) is 10.9. The van der Waals surface area contributed by atoms with E-state index >= 15 is 0 Å². The Labute approximate surface area is 303 Å². The third-order valence-corrected chi connectivity index (χ3v) is 13.0. The van der Waals surface area contributed by atoms with Crippen LogP contribution in [0.3, 0.4) is 0 Å². The van der Waals surface area contributed by atoms with E-state index < -0.39 is 11.3 Å². The number of benzene rings is 5. The molecule has 7 heteroatoms. The van der Waals surface area contributed by atoms with Gasteiger partial charge < -0.3 is 9.47 Å². The molecule has 2 heterocycles. The van der Waals surface area contributed by atoms with E-state index in [-0.39, 0.29) is 11.2 Å². The van der Waals surface area contributed by atoms with Gasteiger partial charge in [0.25, 0.3) is 0 Å². The first-order valence-electron chi connectivity index (χ1n) is 18.7. The second-order valence-electron chi connectivity index (χ2n) is 15.3. The maximum atomic E-state index is 13.8. The molecule has 4 saturated carbocycles. The summed E-state index contributed by atoms with van der Waals surface area (Å²) in [5.74, 6) is 1.78. The van der Waals surface area contributed by atoms with E-state index in [0.717, 1.165) is 59.3 Å². The maximum absolute atomic E-state index is 13.8. The van der Waals surface area contributed by atoms with Crippen molar-refractivity contribution in [2.24, 2.45) is 23.7 Å². The van der Waals surface area contributed by atoms with Crippen LogP contribution in [0, 0.1) is 29.5 Å². The number of hydrogen-bond acceptors (Lipinski definition) is 5. The van der Waals surface area contributed by atoms with Gasteiger partial charge >= 0.3 is 0 Å². The Kier molecular flexibility index (Phi) is 7.52. The van der Waals surface area contributed by atoms with E-state index in [1.807, 2.05) is 35.1 Å². The van der Waals surface area contributed by atoms with Crippen LogP contribution in [0.15, 0.2) is 140 Å². The molecule has 5 aromatic carbocycles. The number of hydrogen-bond donors (Lipinski definition) is 0. The number of nitrogens with zero attached hydrogens (tertiary/aromatic N) is 4. The van der Waals surface area contributed by atoms with Crippen molar-refractivity contribution >= 4 is 0 Å². The highest BCUT2D eigenvalue weighted by Gasteiger charge is 2.68. The quantitative estimate of drug-likeness (QED) is 0.150. The van der Waals surface area contributed by atoms with Crippen molar-refractivity contribution in [2.75, 3.05) is 13.2 Å². The van der Waals surface area contributed by atoms with E-state index in [0.29, 0.717) is 43.3 Å². The largest absolute Gasteiger partial charge is 0.347 e. The van der Waals surface area contributed by atoms with Gasteiger partial charge in [-0.1, -0.05) is 127 Å². The Bertz CT molecular complexity index is 2040. The van der Waals surface area contributed by atoms with Crippen molar-refractivity contribution in [1.82, 2.24) is 20.2 Å². The van der Waals surface area contributed by atoms with Crippen molar-refractivity contribution in [1.29, 1.82) is 0 Å². The van der Waals surface area contributed by atoms with Gasteiger partial charge in [0.2, 0.25) is 0 Å². The lowest BCUT2D eigenvalue weighted by Crippen LogP contribution is -2.66. The Morgan fingerprint density at radius 1 is 0.596 bits per heavy atom. The third kappa shape index (κ3) is 4.72. The predicted octanol–water partition coefficient (Wildman–Crippen LogP) is 8.61. The molecule has 4 bridgehead atoms. The molecule has 6 aromatic rings. The van der Waals surface area contributed by atoms with Gasteiger partial charge in [-0.3, -0.25) is 0 Å². The average molecular weight is 689 g/mol. The van der Waals surface area contributed by atoms with E-state index in [2.05, 4.69) is 97.1 Å². The molecule has 1 aromatic heterocycles. The second kappa shape index (κ2) is 12.3. The van der Waals surface area contributed by atoms with Crippen molar-refractivity contribution in [3.8, 4) is 11.1 Å². The van der Waals surface area contributed by atoms with Crippen molar-refractivity contribution in [3.63, 3.8) is 0 Å². The molecule has 0 N–H and O–H groups in total. The lowest BCUT2D eigenvalue weighted by atomic mass is 9.41. The first-order valence-corrected chi connectivity index (χ1v) is 18.7. The van der Waals surface area contributed by atoms with Crippen molar-refractivity contribution in [3.05, 3.63) is 173 Å². The van der Waals surface area contributed by atoms with Crippen LogP contribution in [-0.4, -0.2) is 39.2 Å². The van der Waals surface area contributed by atoms with Crippen LogP contribution >= 0.6 is 0 Å². The summed E-state index contributed by atoms with van der Waals surface area (Å²) < 4.78 is 26.7. The molecular weight excluding hydrogens is 648 g/mol. The van der Waals surface area contributed by atoms with Gasteiger partial charge in [-0.25, -0.2) is 4.39 Å². The molecule has 4 aliphatic carbocycles. The fourth-order valence-corrected chi connectivity index (χ4v) is 10.9. The molecule has 11 rings (SSSR count). The topological polar surface area (TPSA) is 62.1 Å². The zero-order valence-corrected chi connectivity index (χ0v) is 29.0. The summed E-state index contributed by atoms with van der Waals surface area (Å²) in [4.78, 5) is 1.86. The predicted molar refractivity (Wildman–Crippen MR) is 197 cm³/mol. The van der Waals surface area contributed by atoms with Gasteiger partial charge in [0.1, 0.15) is 5.82 Å². The molecule has 1 aliphatic heterocycles. The SMILES string of the molecule is Fc1ccc(-c2ccc(C3(Cc4nnn(C(c5ccccc5)(c5ccccc5)c5ccccc5)n4)C4CC5CC3CC(C4)C53OCCO3)cc2)cc1. The molecule has 260 valence electrons. The first-order chi connectivity index (χ1) is 25.6. The molecule has 0 unspecified atom stereocenters. The van der Waals surface area contributed by atoms with E-state index in [1.165, 1.54) is 17.7 Å². The van der Waals surface area contributed by atoms with Gasteiger partial charge in [0.15, 0.2) is 17.2 Å². The minimum absolute atomic E-state index is 0.169. The maximum Gasteiger partial charge on any atom is 0.175 e. The number of tetrazole rings is 1. The van der Waals surface area contributed by atoms with Crippen LogP contribution in [0.25, 0.3) is 11.1 Å². The summed E-state index contributed by atoms with van der Waals surface area (Å²) in [6.45, 7) is 1.38. The Morgan fingerprint density at radius 2 is 1.06 bits per heavy atom. The fraction of sp³-hybridized carbons (Fsp3) is 0.311. The molecule has 5 fully saturated rings. The van der Waals surface area contributed by atoms with Gasteiger partial charge in [-0.05, 0) is 88.2 Å². The van der Waals surface area contributed by atoms with Crippen LogP contribution in [0.1, 0.15) is 53.8 Å². The highest BCUT2D eigenvalue weighted by atomic mass is 19.1. The first kappa shape index (κ1) is 31.7. The summed E-state index contributed by atoms with van der Waals surface area (Å²) >= 11 is 0. The highest BCUT2D eigenvalue weighted by molar-refractivity contribution is 5.64. The van der Waals surface area contributed by atoms with E-state index in [4.69, 9.17) is 24.9 Å². The molecule has 0 radical (unpaired) electrons. The minimum atomic E-state index is -0.827. The molecule has 0 amide bonds. The van der Waals surface area contributed by atoms with E-state index in [9.17, 15) is 4.39 Å². The molecule has 1 spiro atoms. The number of ether oxygens (including phenoxy) is 2. The standard InChI is InChI=1S/C45H41FN4O2/c46-41-22-18-32(19-23-41)31-16-20-33(21-17-31)43(37-26-39-28-38(43)29-40(27-37)45(39)51-24-25-52-45)30-42-47-49-50(48-42)44(34-10-4-1-5-11-34,35-12-6-2-7-13-35)36-14-8-3-9-15-36/h1-23,37-40H,24-30H2. The van der Waals surface area contributed by atoms with Gasteiger partial charge in [0, 0.05) is 23.7 Å².